The van der Waals surface area contributed by atoms with Gasteiger partial charge in [-0.3, -0.25) is 0 Å². The van der Waals surface area contributed by atoms with E-state index >= 15 is 0 Å². The molecule has 0 spiro atoms. The molecule has 0 aliphatic carbocycles. The van der Waals surface area contributed by atoms with Crippen molar-refractivity contribution in [1.29, 1.82) is 0 Å². The van der Waals surface area contributed by atoms with E-state index in [4.69, 9.17) is 0 Å². The third kappa shape index (κ3) is 6.79. The summed E-state index contributed by atoms with van der Waals surface area (Å²) >= 11 is 1.89. The first-order valence-corrected chi connectivity index (χ1v) is 12.7. The van der Waals surface area contributed by atoms with Gasteiger partial charge in [0.25, 0.3) is 0 Å². The van der Waals surface area contributed by atoms with Crippen molar-refractivity contribution in [2.45, 2.75) is 33.1 Å². The van der Waals surface area contributed by atoms with Gasteiger partial charge in [-0.15, -0.1) is 11.3 Å². The van der Waals surface area contributed by atoms with Crippen LogP contribution < -0.4 is 0 Å². The van der Waals surface area contributed by atoms with Crippen molar-refractivity contribution in [3.8, 4) is 0 Å². The molecule has 0 saturated heterocycles. The zero-order chi connectivity index (χ0) is 24.2. The SMILES string of the molecule is C=C/C=C\C=C/C/C(C)=C/C=C(C=C)/C(/C=C\CC)=C/Cc1cccc2c1sc1ccccc12. The topological polar surface area (TPSA) is 0 Å². The van der Waals surface area contributed by atoms with E-state index in [1.807, 2.05) is 29.6 Å². The highest BCUT2D eigenvalue weighted by atomic mass is 32.1. The molecule has 0 N–H and O–H groups in total. The van der Waals surface area contributed by atoms with Crippen molar-refractivity contribution in [2.75, 3.05) is 0 Å². The van der Waals surface area contributed by atoms with Gasteiger partial charge in [-0.2, -0.15) is 0 Å². The van der Waals surface area contributed by atoms with Gasteiger partial charge in [0.2, 0.25) is 0 Å². The van der Waals surface area contributed by atoms with Crippen molar-refractivity contribution in [3.05, 3.63) is 145 Å². The molecule has 1 heteroatoms. The summed E-state index contributed by atoms with van der Waals surface area (Å²) in [6.07, 6.45) is 25.8. The summed E-state index contributed by atoms with van der Waals surface area (Å²) in [7, 11) is 0. The molecule has 172 valence electrons. The van der Waals surface area contributed by atoms with Crippen LogP contribution in [-0.2, 0) is 6.42 Å². The number of hydrogen-bond donors (Lipinski definition) is 0. The first-order valence-electron chi connectivity index (χ1n) is 11.9. The van der Waals surface area contributed by atoms with Crippen LogP contribution in [0.3, 0.4) is 0 Å². The lowest BCUT2D eigenvalue weighted by atomic mass is 10.00. The van der Waals surface area contributed by atoms with E-state index in [-0.39, 0.29) is 0 Å². The predicted octanol–water partition coefficient (Wildman–Crippen LogP) is 10.2. The highest BCUT2D eigenvalue weighted by molar-refractivity contribution is 7.26. The maximum Gasteiger partial charge on any atom is 0.0390 e. The number of benzene rings is 2. The second kappa shape index (κ2) is 13.3. The van der Waals surface area contributed by atoms with Crippen LogP contribution in [0.25, 0.3) is 20.2 Å². The summed E-state index contributed by atoms with van der Waals surface area (Å²) in [6.45, 7) is 12.1. The Morgan fingerprint density at radius 3 is 2.50 bits per heavy atom. The molecule has 1 aromatic heterocycles. The highest BCUT2D eigenvalue weighted by Gasteiger charge is 2.08. The fraction of sp³-hybridized carbons (Fsp3) is 0.152. The smallest absolute Gasteiger partial charge is 0.0390 e. The lowest BCUT2D eigenvalue weighted by molar-refractivity contribution is 1.20. The zero-order valence-corrected chi connectivity index (χ0v) is 21.2. The van der Waals surface area contributed by atoms with Crippen LogP contribution in [-0.4, -0.2) is 0 Å². The standard InChI is InChI=1S/C33H34S/c1-5-8-10-11-12-16-26(4)22-23-27(7-3)28(17-9-6-2)24-25-29-18-15-20-31-30-19-13-14-21-32(30)34-33(29)31/h5,7-15,17-24H,1,3,6,16,25H2,2,4H3/b10-8-,12-11-,17-9-,26-22+,27-23+,28-24+. The second-order valence-electron chi connectivity index (χ2n) is 8.16. The maximum absolute atomic E-state index is 4.09. The van der Waals surface area contributed by atoms with E-state index in [9.17, 15) is 0 Å². The maximum atomic E-state index is 4.09. The molecule has 0 bridgehead atoms. The number of thiophene rings is 1. The minimum absolute atomic E-state index is 0.889. The molecule has 0 nitrogen and oxygen atoms in total. The van der Waals surface area contributed by atoms with E-state index in [2.05, 4.69) is 112 Å². The van der Waals surface area contributed by atoms with Gasteiger partial charge >= 0.3 is 0 Å². The molecule has 0 unspecified atom stereocenters. The Morgan fingerprint density at radius 2 is 1.71 bits per heavy atom. The van der Waals surface area contributed by atoms with Crippen molar-refractivity contribution >= 4 is 31.5 Å². The Balaban J connectivity index is 1.88. The van der Waals surface area contributed by atoms with E-state index in [1.54, 1.807) is 6.08 Å². The third-order valence-electron chi connectivity index (χ3n) is 5.60. The molecule has 2 aromatic carbocycles. The van der Waals surface area contributed by atoms with Gasteiger partial charge in [0, 0.05) is 20.2 Å². The fourth-order valence-corrected chi connectivity index (χ4v) is 5.00. The fourth-order valence-electron chi connectivity index (χ4n) is 3.77. The number of rotatable bonds is 11. The summed E-state index contributed by atoms with van der Waals surface area (Å²) in [6, 6.07) is 15.4. The molecule has 0 saturated carbocycles. The zero-order valence-electron chi connectivity index (χ0n) is 20.3. The van der Waals surface area contributed by atoms with E-state index in [1.165, 1.54) is 36.9 Å². The second-order valence-corrected chi connectivity index (χ2v) is 9.21. The largest absolute Gasteiger partial charge is 0.135 e. The minimum atomic E-state index is 0.889. The predicted molar refractivity (Wildman–Crippen MR) is 156 cm³/mol. The van der Waals surface area contributed by atoms with Crippen LogP contribution in [0.2, 0.25) is 0 Å². The molecule has 0 fully saturated rings. The van der Waals surface area contributed by atoms with Gasteiger partial charge in [0.15, 0.2) is 0 Å². The number of fused-ring (bicyclic) bond motifs is 3. The quantitative estimate of drug-likeness (QED) is 0.249. The summed E-state index contributed by atoms with van der Waals surface area (Å²) in [5.74, 6) is 0. The highest BCUT2D eigenvalue weighted by Crippen LogP contribution is 2.36. The van der Waals surface area contributed by atoms with Gasteiger partial charge < -0.3 is 0 Å². The Kier molecular flexibility index (Phi) is 9.88. The van der Waals surface area contributed by atoms with Crippen LogP contribution in [0.1, 0.15) is 32.3 Å². The van der Waals surface area contributed by atoms with Crippen LogP contribution >= 0.6 is 11.3 Å². The molecule has 0 aliphatic heterocycles. The summed E-state index contributed by atoms with van der Waals surface area (Å²) < 4.78 is 2.73. The van der Waals surface area contributed by atoms with E-state index < -0.39 is 0 Å². The molecule has 3 aromatic rings. The van der Waals surface area contributed by atoms with Crippen molar-refractivity contribution in [1.82, 2.24) is 0 Å². The summed E-state index contributed by atoms with van der Waals surface area (Å²) in [5.41, 5.74) is 5.02. The van der Waals surface area contributed by atoms with Gasteiger partial charge in [-0.05, 0) is 49.0 Å². The van der Waals surface area contributed by atoms with E-state index in [0.29, 0.717) is 0 Å². The number of hydrogen-bond acceptors (Lipinski definition) is 1. The Bertz CT molecular complexity index is 1320. The molecule has 3 rings (SSSR count). The van der Waals surface area contributed by atoms with Gasteiger partial charge in [-0.1, -0.05) is 129 Å². The minimum Gasteiger partial charge on any atom is -0.135 e. The van der Waals surface area contributed by atoms with Crippen LogP contribution in [0.15, 0.2) is 139 Å². The van der Waals surface area contributed by atoms with Crippen LogP contribution in [0.5, 0.6) is 0 Å². The van der Waals surface area contributed by atoms with Crippen molar-refractivity contribution in [3.63, 3.8) is 0 Å². The molecular weight excluding hydrogens is 428 g/mol. The molecule has 34 heavy (non-hydrogen) atoms. The first kappa shape index (κ1) is 25.2. The summed E-state index contributed by atoms with van der Waals surface area (Å²) in [4.78, 5) is 0. The molecule has 1 heterocycles. The van der Waals surface area contributed by atoms with Crippen molar-refractivity contribution < 1.29 is 0 Å². The molecule has 0 aliphatic rings. The molecular formula is C33H34S. The Labute approximate surface area is 209 Å². The Hall–Kier alpha value is -3.42. The molecule has 0 atom stereocenters. The average Bonchev–Trinajstić information content (AvgIpc) is 3.24. The summed E-state index contributed by atoms with van der Waals surface area (Å²) in [5, 5.41) is 2.70. The lowest BCUT2D eigenvalue weighted by Gasteiger charge is -2.06. The molecule has 0 radical (unpaired) electrons. The van der Waals surface area contributed by atoms with Gasteiger partial charge in [-0.25, -0.2) is 0 Å². The van der Waals surface area contributed by atoms with E-state index in [0.717, 1.165) is 24.8 Å². The van der Waals surface area contributed by atoms with Crippen LogP contribution in [0.4, 0.5) is 0 Å². The Morgan fingerprint density at radius 1 is 0.882 bits per heavy atom. The van der Waals surface area contributed by atoms with Crippen LogP contribution in [0, 0.1) is 0 Å². The molecule has 0 amide bonds. The lowest BCUT2D eigenvalue weighted by Crippen LogP contribution is -1.88. The van der Waals surface area contributed by atoms with Gasteiger partial charge in [0.05, 0.1) is 0 Å². The first-order chi connectivity index (χ1) is 16.7. The normalized spacial score (nSPS) is 13.8. The van der Waals surface area contributed by atoms with Gasteiger partial charge in [0.1, 0.15) is 0 Å². The number of allylic oxidation sites excluding steroid dienone is 14. The van der Waals surface area contributed by atoms with Crippen molar-refractivity contribution in [2.24, 2.45) is 0 Å². The average molecular weight is 463 g/mol. The monoisotopic (exact) mass is 462 g/mol. The third-order valence-corrected chi connectivity index (χ3v) is 6.86.